The summed E-state index contributed by atoms with van der Waals surface area (Å²) in [7, 11) is 0. The predicted octanol–water partition coefficient (Wildman–Crippen LogP) is 4.52. The average Bonchev–Trinajstić information content (AvgIpc) is 3.52. The highest BCUT2D eigenvalue weighted by Crippen LogP contribution is 2.44. The summed E-state index contributed by atoms with van der Waals surface area (Å²) in [5, 5.41) is 0. The van der Waals surface area contributed by atoms with Crippen LogP contribution in [0.3, 0.4) is 0 Å². The fourth-order valence-electron chi connectivity index (χ4n) is 5.25. The van der Waals surface area contributed by atoms with Gasteiger partial charge in [-0.2, -0.15) is 0 Å². The first-order chi connectivity index (χ1) is 14.6. The van der Waals surface area contributed by atoms with Crippen LogP contribution in [0.5, 0.6) is 0 Å². The van der Waals surface area contributed by atoms with Crippen molar-refractivity contribution >= 4 is 35.5 Å². The smallest absolute Gasteiger partial charge is 0.315 e. The molecule has 6 unspecified atom stereocenters. The van der Waals surface area contributed by atoms with Crippen LogP contribution in [0, 0.1) is 35.5 Å². The zero-order chi connectivity index (χ0) is 20.9. The van der Waals surface area contributed by atoms with E-state index in [1.54, 1.807) is 0 Å². The van der Waals surface area contributed by atoms with Gasteiger partial charge in [0.05, 0.1) is 24.7 Å². The molecule has 0 aliphatic heterocycles. The first-order valence-electron chi connectivity index (χ1n) is 11.1. The molecule has 30 heavy (non-hydrogen) atoms. The Morgan fingerprint density at radius 2 is 1.20 bits per heavy atom. The third-order valence-electron chi connectivity index (χ3n) is 6.80. The van der Waals surface area contributed by atoms with Crippen molar-refractivity contribution in [1.82, 2.24) is 0 Å². The maximum atomic E-state index is 12.0. The van der Waals surface area contributed by atoms with Crippen LogP contribution in [0.4, 0.5) is 0 Å². The monoisotopic (exact) mass is 448 g/mol. The number of carbonyl (C=O) groups is 2. The van der Waals surface area contributed by atoms with Gasteiger partial charge in [-0.05, 0) is 61.2 Å². The molecule has 0 amide bonds. The number of ether oxygens (including phenoxy) is 2. The van der Waals surface area contributed by atoms with Crippen molar-refractivity contribution in [3.05, 3.63) is 36.5 Å². The predicted molar refractivity (Wildman–Crippen MR) is 123 cm³/mol. The van der Waals surface area contributed by atoms with Gasteiger partial charge in [0.25, 0.3) is 0 Å². The minimum atomic E-state index is -0.133. The lowest BCUT2D eigenvalue weighted by Gasteiger charge is -2.17. The largest absolute Gasteiger partial charge is 0.465 e. The van der Waals surface area contributed by atoms with Crippen LogP contribution in [0.2, 0.25) is 0 Å². The summed E-state index contributed by atoms with van der Waals surface area (Å²) in [5.74, 6) is 5.56. The van der Waals surface area contributed by atoms with Crippen LogP contribution in [-0.4, -0.2) is 48.2 Å². The quantitative estimate of drug-likeness (QED) is 0.323. The lowest BCUT2D eigenvalue weighted by molar-refractivity contribution is -0.142. The number of hydrogen-bond donors (Lipinski definition) is 0. The summed E-state index contributed by atoms with van der Waals surface area (Å²) < 4.78 is 10.9. The standard InChI is InChI=1S/C24H32O4S2/c1-16(12-29-14-23(25)27-10-21-8-17-2-4-19(21)6-17)13-30-15-24(26)28-11-22-9-18-3-5-20(22)7-18/h2-5,17-22H,1,6-15H2. The van der Waals surface area contributed by atoms with E-state index in [9.17, 15) is 9.59 Å². The van der Waals surface area contributed by atoms with E-state index in [-0.39, 0.29) is 11.9 Å². The van der Waals surface area contributed by atoms with Gasteiger partial charge in [0.15, 0.2) is 0 Å². The molecule has 2 fully saturated rings. The van der Waals surface area contributed by atoms with Gasteiger partial charge in [-0.25, -0.2) is 0 Å². The van der Waals surface area contributed by atoms with E-state index in [1.165, 1.54) is 36.4 Å². The number of allylic oxidation sites excluding steroid dienone is 4. The van der Waals surface area contributed by atoms with Crippen molar-refractivity contribution in [3.8, 4) is 0 Å². The summed E-state index contributed by atoms with van der Waals surface area (Å²) in [6, 6.07) is 0. The second kappa shape index (κ2) is 10.4. The number of carbonyl (C=O) groups excluding carboxylic acids is 2. The molecule has 0 radical (unpaired) electrons. The highest BCUT2D eigenvalue weighted by atomic mass is 32.2. The lowest BCUT2D eigenvalue weighted by Crippen LogP contribution is -2.19. The first kappa shape index (κ1) is 22.1. The van der Waals surface area contributed by atoms with Crippen LogP contribution < -0.4 is 0 Å². The SMILES string of the molecule is C=C(CSCC(=O)OCC1CC2C=CC1C2)CSCC(=O)OCC1CC2C=CC1C2. The summed E-state index contributed by atoms with van der Waals surface area (Å²) in [4.78, 5) is 23.9. The van der Waals surface area contributed by atoms with Gasteiger partial charge in [0.1, 0.15) is 0 Å². The topological polar surface area (TPSA) is 52.6 Å². The Hall–Kier alpha value is -1.14. The first-order valence-corrected chi connectivity index (χ1v) is 13.4. The molecule has 0 saturated heterocycles. The molecular formula is C24H32O4S2. The molecule has 0 aromatic carbocycles. The highest BCUT2D eigenvalue weighted by Gasteiger charge is 2.37. The lowest BCUT2D eigenvalue weighted by atomic mass is 9.95. The van der Waals surface area contributed by atoms with Crippen molar-refractivity contribution in [2.24, 2.45) is 35.5 Å². The Labute approximate surface area is 188 Å². The summed E-state index contributed by atoms with van der Waals surface area (Å²) in [6.45, 7) is 5.17. The van der Waals surface area contributed by atoms with Gasteiger partial charge in [0, 0.05) is 11.5 Å². The number of hydrogen-bond acceptors (Lipinski definition) is 6. The number of esters is 2. The fraction of sp³-hybridized carbons (Fsp3) is 0.667. The Balaban J connectivity index is 0.989. The molecule has 4 nitrogen and oxygen atoms in total. The van der Waals surface area contributed by atoms with Crippen LogP contribution in [0.1, 0.15) is 25.7 Å². The Morgan fingerprint density at radius 1 is 0.733 bits per heavy atom. The van der Waals surface area contributed by atoms with E-state index in [1.807, 2.05) is 0 Å². The average molecular weight is 449 g/mol. The van der Waals surface area contributed by atoms with Crippen molar-refractivity contribution in [2.45, 2.75) is 25.7 Å². The van der Waals surface area contributed by atoms with E-state index >= 15 is 0 Å². The minimum Gasteiger partial charge on any atom is -0.465 e. The molecule has 164 valence electrons. The maximum Gasteiger partial charge on any atom is 0.315 e. The van der Waals surface area contributed by atoms with Crippen LogP contribution in [-0.2, 0) is 19.1 Å². The zero-order valence-electron chi connectivity index (χ0n) is 17.5. The van der Waals surface area contributed by atoms with Crippen LogP contribution in [0.15, 0.2) is 36.5 Å². The molecule has 4 bridgehead atoms. The van der Waals surface area contributed by atoms with Gasteiger partial charge < -0.3 is 9.47 Å². The Morgan fingerprint density at radius 3 is 1.57 bits per heavy atom. The molecule has 0 aromatic rings. The Kier molecular flexibility index (Phi) is 7.69. The molecular weight excluding hydrogens is 416 g/mol. The molecule has 4 aliphatic rings. The second-order valence-corrected chi connectivity index (χ2v) is 11.2. The van der Waals surface area contributed by atoms with Crippen LogP contribution >= 0.6 is 23.5 Å². The van der Waals surface area contributed by atoms with E-state index in [0.29, 0.717) is 71.7 Å². The van der Waals surface area contributed by atoms with E-state index in [2.05, 4.69) is 30.9 Å². The van der Waals surface area contributed by atoms with E-state index < -0.39 is 0 Å². The van der Waals surface area contributed by atoms with Gasteiger partial charge in [-0.1, -0.05) is 36.5 Å². The molecule has 4 aliphatic carbocycles. The number of rotatable bonds is 12. The second-order valence-electron chi connectivity index (χ2n) is 9.18. The van der Waals surface area contributed by atoms with E-state index in [4.69, 9.17) is 9.47 Å². The van der Waals surface area contributed by atoms with Crippen molar-refractivity contribution in [3.63, 3.8) is 0 Å². The summed E-state index contributed by atoms with van der Waals surface area (Å²) in [5.41, 5.74) is 1.03. The van der Waals surface area contributed by atoms with Crippen LogP contribution in [0.25, 0.3) is 0 Å². The Bertz CT molecular complexity index is 658. The molecule has 0 spiro atoms. The molecule has 6 heteroatoms. The summed E-state index contributed by atoms with van der Waals surface area (Å²) in [6.07, 6.45) is 14.0. The molecule has 0 heterocycles. The van der Waals surface area contributed by atoms with Gasteiger partial charge in [-0.3, -0.25) is 9.59 Å². The summed E-state index contributed by atoms with van der Waals surface area (Å²) >= 11 is 3.07. The highest BCUT2D eigenvalue weighted by molar-refractivity contribution is 8.01. The maximum absolute atomic E-state index is 12.0. The normalized spacial score (nSPS) is 32.7. The fourth-order valence-corrected chi connectivity index (χ4v) is 6.87. The van der Waals surface area contributed by atoms with Gasteiger partial charge in [-0.15, -0.1) is 23.5 Å². The third kappa shape index (κ3) is 5.97. The number of fused-ring (bicyclic) bond motifs is 4. The third-order valence-corrected chi connectivity index (χ3v) is 8.91. The molecule has 4 rings (SSSR count). The molecule has 0 N–H and O–H groups in total. The number of thioether (sulfide) groups is 2. The molecule has 2 saturated carbocycles. The van der Waals surface area contributed by atoms with Gasteiger partial charge >= 0.3 is 11.9 Å². The minimum absolute atomic E-state index is 0.133. The molecule has 0 aromatic heterocycles. The van der Waals surface area contributed by atoms with Crippen molar-refractivity contribution < 1.29 is 19.1 Å². The van der Waals surface area contributed by atoms with E-state index in [0.717, 1.165) is 18.4 Å². The molecule has 6 atom stereocenters. The zero-order valence-corrected chi connectivity index (χ0v) is 19.1. The van der Waals surface area contributed by atoms with Gasteiger partial charge in [0.2, 0.25) is 0 Å². The van der Waals surface area contributed by atoms with Crippen molar-refractivity contribution in [2.75, 3.05) is 36.2 Å². The van der Waals surface area contributed by atoms with Crippen molar-refractivity contribution in [1.29, 1.82) is 0 Å².